The molecular formula is C30H36N2O5S. The normalized spacial score (nSPS) is 19.4. The molecule has 1 amide bonds. The van der Waals surface area contributed by atoms with E-state index in [1.807, 2.05) is 69.3 Å². The van der Waals surface area contributed by atoms with Crippen LogP contribution >= 0.6 is 0 Å². The number of nitrogens with zero attached hydrogens (tertiary/aromatic N) is 2. The minimum absolute atomic E-state index is 0.113. The highest BCUT2D eigenvalue weighted by Gasteiger charge is 2.32. The van der Waals surface area contributed by atoms with E-state index in [-0.39, 0.29) is 36.5 Å². The molecular weight excluding hydrogens is 500 g/mol. The summed E-state index contributed by atoms with van der Waals surface area (Å²) in [6.45, 7) is 6.17. The molecule has 0 aromatic heterocycles. The first-order chi connectivity index (χ1) is 18.1. The number of aryl methyl sites for hydroxylation is 1. The average Bonchev–Trinajstić information content (AvgIpc) is 2.94. The second-order valence-corrected chi connectivity index (χ2v) is 12.2. The molecule has 1 aliphatic heterocycles. The van der Waals surface area contributed by atoms with E-state index in [1.54, 1.807) is 36.2 Å². The van der Waals surface area contributed by atoms with Gasteiger partial charge < -0.3 is 14.7 Å². The van der Waals surface area contributed by atoms with Gasteiger partial charge in [0, 0.05) is 31.6 Å². The van der Waals surface area contributed by atoms with E-state index >= 15 is 0 Å². The number of rotatable bonds is 6. The monoisotopic (exact) mass is 536 g/mol. The second kappa shape index (κ2) is 11.8. The second-order valence-electron chi connectivity index (χ2n) is 10.1. The Hall–Kier alpha value is -3.04. The molecule has 1 heterocycles. The van der Waals surface area contributed by atoms with Gasteiger partial charge in [0.25, 0.3) is 5.91 Å². The number of carbonyl (C=O) groups is 1. The summed E-state index contributed by atoms with van der Waals surface area (Å²) in [7, 11) is -2.18. The first-order valence-corrected chi connectivity index (χ1v) is 14.3. The van der Waals surface area contributed by atoms with Crippen molar-refractivity contribution in [3.63, 3.8) is 0 Å². The lowest BCUT2D eigenvalue weighted by Crippen LogP contribution is -2.47. The summed E-state index contributed by atoms with van der Waals surface area (Å²) >= 11 is 0. The Labute approximate surface area is 225 Å². The first kappa shape index (κ1) is 28.0. The van der Waals surface area contributed by atoms with Crippen molar-refractivity contribution < 1.29 is 23.1 Å². The third-order valence-electron chi connectivity index (χ3n) is 7.26. The molecule has 3 atom stereocenters. The predicted molar refractivity (Wildman–Crippen MR) is 148 cm³/mol. The lowest BCUT2D eigenvalue weighted by Gasteiger charge is -2.35. The number of likely N-dealkylation sites (N-methyl/N-ethyl adjacent to an activating group) is 1. The van der Waals surface area contributed by atoms with Gasteiger partial charge in [-0.3, -0.25) is 4.79 Å². The van der Waals surface area contributed by atoms with Crippen LogP contribution in [0.5, 0.6) is 0 Å². The van der Waals surface area contributed by atoms with Crippen molar-refractivity contribution in [1.29, 1.82) is 0 Å². The van der Waals surface area contributed by atoms with Crippen molar-refractivity contribution in [2.45, 2.75) is 44.4 Å². The van der Waals surface area contributed by atoms with E-state index in [2.05, 4.69) is 0 Å². The molecule has 0 unspecified atom stereocenters. The molecule has 0 saturated heterocycles. The average molecular weight is 537 g/mol. The summed E-state index contributed by atoms with van der Waals surface area (Å²) in [4.78, 5) is 15.8. The van der Waals surface area contributed by atoms with Gasteiger partial charge in [0.05, 0.1) is 30.3 Å². The summed E-state index contributed by atoms with van der Waals surface area (Å²) in [5.74, 6) is -0.397. The SMILES string of the molecule is Cc1ccc(S(=O)(=O)N(C)C[C@H]2OCc3ccccc3-c3ccccc3C(=O)N([C@@H](C)CO)C[C@H]2C)cc1. The maximum Gasteiger partial charge on any atom is 0.254 e. The van der Waals surface area contributed by atoms with Crippen LogP contribution in [-0.4, -0.2) is 67.5 Å². The first-order valence-electron chi connectivity index (χ1n) is 12.9. The van der Waals surface area contributed by atoms with Crippen LogP contribution in [0.2, 0.25) is 0 Å². The van der Waals surface area contributed by atoms with Crippen LogP contribution in [0.4, 0.5) is 0 Å². The fourth-order valence-electron chi connectivity index (χ4n) is 4.79. The topological polar surface area (TPSA) is 87.2 Å². The number of aliphatic hydroxyl groups excluding tert-OH is 1. The Morgan fingerprint density at radius 3 is 2.26 bits per heavy atom. The highest BCUT2D eigenvalue weighted by molar-refractivity contribution is 7.89. The van der Waals surface area contributed by atoms with E-state index in [0.717, 1.165) is 22.3 Å². The van der Waals surface area contributed by atoms with Crippen molar-refractivity contribution in [1.82, 2.24) is 9.21 Å². The zero-order valence-corrected chi connectivity index (χ0v) is 23.2. The van der Waals surface area contributed by atoms with Crippen LogP contribution in [0.15, 0.2) is 77.7 Å². The fourth-order valence-corrected chi connectivity index (χ4v) is 5.98. The Bertz CT molecular complexity index is 1370. The van der Waals surface area contributed by atoms with Crippen molar-refractivity contribution >= 4 is 15.9 Å². The number of hydrogen-bond acceptors (Lipinski definition) is 5. The molecule has 0 radical (unpaired) electrons. The van der Waals surface area contributed by atoms with Gasteiger partial charge in [-0.1, -0.05) is 67.1 Å². The van der Waals surface area contributed by atoms with E-state index in [1.165, 1.54) is 4.31 Å². The van der Waals surface area contributed by atoms with Crippen LogP contribution in [0.25, 0.3) is 11.1 Å². The number of carbonyl (C=O) groups excluding carboxylic acids is 1. The molecule has 3 aromatic rings. The number of aliphatic hydroxyl groups is 1. The molecule has 0 aliphatic carbocycles. The van der Waals surface area contributed by atoms with Gasteiger partial charge in [-0.25, -0.2) is 8.42 Å². The molecule has 0 spiro atoms. The molecule has 0 saturated carbocycles. The minimum Gasteiger partial charge on any atom is -0.394 e. The lowest BCUT2D eigenvalue weighted by atomic mass is 9.94. The Morgan fingerprint density at radius 2 is 1.61 bits per heavy atom. The summed E-state index contributed by atoms with van der Waals surface area (Å²) in [5.41, 5.74) is 4.15. The molecule has 3 aromatic carbocycles. The summed E-state index contributed by atoms with van der Waals surface area (Å²) in [6, 6.07) is 21.6. The van der Waals surface area contributed by atoms with Crippen LogP contribution < -0.4 is 0 Å². The van der Waals surface area contributed by atoms with E-state index in [4.69, 9.17) is 4.74 Å². The molecule has 0 bridgehead atoms. The summed E-state index contributed by atoms with van der Waals surface area (Å²) < 4.78 is 34.5. The zero-order valence-electron chi connectivity index (χ0n) is 22.4. The summed E-state index contributed by atoms with van der Waals surface area (Å²) in [6.07, 6.45) is -0.504. The van der Waals surface area contributed by atoms with Gasteiger partial charge in [0.15, 0.2) is 0 Å². The van der Waals surface area contributed by atoms with Gasteiger partial charge in [-0.05, 0) is 48.7 Å². The smallest absolute Gasteiger partial charge is 0.254 e. The van der Waals surface area contributed by atoms with Crippen LogP contribution in [0.1, 0.15) is 35.3 Å². The fraction of sp³-hybridized carbons (Fsp3) is 0.367. The quantitative estimate of drug-likeness (QED) is 0.507. The van der Waals surface area contributed by atoms with Gasteiger partial charge >= 0.3 is 0 Å². The Kier molecular flexibility index (Phi) is 8.67. The standard InChI is InChI=1S/C30H36N2O5S/c1-21-13-15-25(16-14-21)38(35,36)31(4)18-29-22(2)17-32(23(3)19-33)30(34)28-12-8-7-11-27(28)26-10-6-5-9-24(26)20-37-29/h5-16,22-23,29,33H,17-20H2,1-4H3/t22-,23+,29-/m1/s1. The Morgan fingerprint density at radius 1 is 1.00 bits per heavy atom. The molecule has 202 valence electrons. The third kappa shape index (κ3) is 5.83. The highest BCUT2D eigenvalue weighted by Crippen LogP contribution is 2.31. The zero-order chi connectivity index (χ0) is 27.4. The largest absolute Gasteiger partial charge is 0.394 e. The molecule has 8 heteroatoms. The minimum atomic E-state index is -3.74. The van der Waals surface area contributed by atoms with E-state index < -0.39 is 22.2 Å². The number of ether oxygens (including phenoxy) is 1. The van der Waals surface area contributed by atoms with Gasteiger partial charge in [0.2, 0.25) is 10.0 Å². The summed E-state index contributed by atoms with van der Waals surface area (Å²) in [5, 5.41) is 9.99. The highest BCUT2D eigenvalue weighted by atomic mass is 32.2. The lowest BCUT2D eigenvalue weighted by molar-refractivity contribution is -0.0146. The molecule has 1 aliphatic rings. The maximum absolute atomic E-state index is 13.9. The predicted octanol–water partition coefficient (Wildman–Crippen LogP) is 4.34. The van der Waals surface area contributed by atoms with Crippen LogP contribution in [-0.2, 0) is 21.4 Å². The van der Waals surface area contributed by atoms with Crippen molar-refractivity contribution in [3.8, 4) is 11.1 Å². The van der Waals surface area contributed by atoms with Gasteiger partial charge in [-0.2, -0.15) is 4.31 Å². The number of benzene rings is 3. The number of fused-ring (bicyclic) bond motifs is 3. The van der Waals surface area contributed by atoms with Crippen molar-refractivity contribution in [2.75, 3.05) is 26.7 Å². The van der Waals surface area contributed by atoms with Crippen molar-refractivity contribution in [2.24, 2.45) is 5.92 Å². The molecule has 1 N–H and O–H groups in total. The van der Waals surface area contributed by atoms with Crippen LogP contribution in [0.3, 0.4) is 0 Å². The molecule has 4 rings (SSSR count). The number of hydrogen-bond donors (Lipinski definition) is 1. The van der Waals surface area contributed by atoms with Crippen LogP contribution in [0, 0.1) is 12.8 Å². The third-order valence-corrected chi connectivity index (χ3v) is 9.10. The van der Waals surface area contributed by atoms with E-state index in [9.17, 15) is 18.3 Å². The van der Waals surface area contributed by atoms with E-state index in [0.29, 0.717) is 12.1 Å². The molecule has 7 nitrogen and oxygen atoms in total. The maximum atomic E-state index is 13.9. The van der Waals surface area contributed by atoms with Crippen molar-refractivity contribution in [3.05, 3.63) is 89.5 Å². The number of sulfonamides is 1. The molecule has 38 heavy (non-hydrogen) atoms. The van der Waals surface area contributed by atoms with Gasteiger partial charge in [0.1, 0.15) is 0 Å². The molecule has 0 fully saturated rings. The van der Waals surface area contributed by atoms with Gasteiger partial charge in [-0.15, -0.1) is 0 Å². The Balaban J connectivity index is 1.73. The number of amides is 1.